The Morgan fingerprint density at radius 3 is 2.94 bits per heavy atom. The van der Waals surface area contributed by atoms with E-state index in [0.29, 0.717) is 0 Å². The summed E-state index contributed by atoms with van der Waals surface area (Å²) in [6.45, 7) is 6.05. The molecule has 0 aliphatic rings. The fourth-order valence-corrected chi connectivity index (χ4v) is 2.45. The molecule has 0 radical (unpaired) electrons. The SMILES string of the molecule is Cc1ccncc1CNCCc1scnc1C. The Labute approximate surface area is 106 Å². The van der Waals surface area contributed by atoms with Crippen LogP contribution in [0.5, 0.6) is 0 Å². The number of thiazole rings is 1. The smallest absolute Gasteiger partial charge is 0.0797 e. The Bertz CT molecular complexity index is 479. The Morgan fingerprint density at radius 1 is 1.35 bits per heavy atom. The molecule has 0 aromatic carbocycles. The highest BCUT2D eigenvalue weighted by atomic mass is 32.1. The van der Waals surface area contributed by atoms with Gasteiger partial charge in [-0.05, 0) is 37.5 Å². The summed E-state index contributed by atoms with van der Waals surface area (Å²) in [5.74, 6) is 0. The van der Waals surface area contributed by atoms with E-state index in [2.05, 4.69) is 29.1 Å². The van der Waals surface area contributed by atoms with E-state index in [-0.39, 0.29) is 0 Å². The molecule has 0 aliphatic carbocycles. The molecule has 2 rings (SSSR count). The molecule has 0 aliphatic heterocycles. The molecule has 0 bridgehead atoms. The van der Waals surface area contributed by atoms with Gasteiger partial charge in [-0.3, -0.25) is 4.98 Å². The summed E-state index contributed by atoms with van der Waals surface area (Å²) in [5, 5.41) is 3.45. The minimum atomic E-state index is 0.886. The highest BCUT2D eigenvalue weighted by Gasteiger charge is 2.01. The molecule has 0 atom stereocenters. The Balaban J connectivity index is 1.77. The molecule has 0 fully saturated rings. The minimum absolute atomic E-state index is 0.886. The van der Waals surface area contributed by atoms with Gasteiger partial charge in [0, 0.05) is 30.4 Å². The largest absolute Gasteiger partial charge is 0.312 e. The highest BCUT2D eigenvalue weighted by molar-refractivity contribution is 7.09. The third-order valence-corrected chi connectivity index (χ3v) is 3.83. The molecule has 1 N–H and O–H groups in total. The van der Waals surface area contributed by atoms with Crippen molar-refractivity contribution >= 4 is 11.3 Å². The summed E-state index contributed by atoms with van der Waals surface area (Å²) in [6.07, 6.45) is 4.82. The average Bonchev–Trinajstić information content (AvgIpc) is 2.73. The van der Waals surface area contributed by atoms with Gasteiger partial charge >= 0.3 is 0 Å². The molecule has 2 heterocycles. The van der Waals surface area contributed by atoms with E-state index in [0.717, 1.165) is 25.2 Å². The van der Waals surface area contributed by atoms with E-state index in [1.807, 2.05) is 24.0 Å². The molecule has 0 saturated carbocycles. The van der Waals surface area contributed by atoms with Crippen LogP contribution in [0.4, 0.5) is 0 Å². The molecule has 0 saturated heterocycles. The average molecular weight is 247 g/mol. The van der Waals surface area contributed by atoms with E-state index in [9.17, 15) is 0 Å². The lowest BCUT2D eigenvalue weighted by atomic mass is 10.1. The summed E-state index contributed by atoms with van der Waals surface area (Å²) in [4.78, 5) is 9.76. The molecule has 17 heavy (non-hydrogen) atoms. The van der Waals surface area contributed by atoms with Crippen LogP contribution in [0.25, 0.3) is 0 Å². The zero-order valence-corrected chi connectivity index (χ0v) is 11.0. The van der Waals surface area contributed by atoms with Gasteiger partial charge in [0.15, 0.2) is 0 Å². The van der Waals surface area contributed by atoms with Gasteiger partial charge in [-0.15, -0.1) is 11.3 Å². The molecule has 2 aromatic heterocycles. The van der Waals surface area contributed by atoms with E-state index >= 15 is 0 Å². The molecule has 2 aromatic rings. The molecule has 90 valence electrons. The van der Waals surface area contributed by atoms with E-state index in [1.165, 1.54) is 16.0 Å². The Kier molecular flexibility index (Phi) is 4.23. The lowest BCUT2D eigenvalue weighted by Gasteiger charge is -2.06. The zero-order valence-electron chi connectivity index (χ0n) is 10.2. The number of hydrogen-bond donors (Lipinski definition) is 1. The first-order valence-corrected chi connectivity index (χ1v) is 6.64. The summed E-state index contributed by atoms with van der Waals surface area (Å²) >= 11 is 1.74. The molecule has 0 amide bonds. The topological polar surface area (TPSA) is 37.8 Å². The lowest BCUT2D eigenvalue weighted by Crippen LogP contribution is -2.17. The summed E-state index contributed by atoms with van der Waals surface area (Å²) in [5.41, 5.74) is 5.64. The highest BCUT2D eigenvalue weighted by Crippen LogP contribution is 2.12. The van der Waals surface area contributed by atoms with Crippen molar-refractivity contribution < 1.29 is 0 Å². The summed E-state index contributed by atoms with van der Waals surface area (Å²) < 4.78 is 0. The maximum Gasteiger partial charge on any atom is 0.0797 e. The Hall–Kier alpha value is -1.26. The standard InChI is InChI=1S/C13H17N3S/c1-10-3-5-14-7-12(10)8-15-6-4-13-11(2)16-9-17-13/h3,5,7,9,15H,4,6,8H2,1-2H3. The van der Waals surface area contributed by atoms with Crippen LogP contribution in [0.15, 0.2) is 24.0 Å². The number of aryl methyl sites for hydroxylation is 2. The monoisotopic (exact) mass is 247 g/mol. The number of aromatic nitrogens is 2. The maximum atomic E-state index is 4.25. The van der Waals surface area contributed by atoms with Gasteiger partial charge in [-0.1, -0.05) is 0 Å². The third kappa shape index (κ3) is 3.35. The fourth-order valence-electron chi connectivity index (χ4n) is 1.67. The number of rotatable bonds is 5. The predicted octanol–water partition coefficient (Wildman–Crippen LogP) is 2.49. The van der Waals surface area contributed by atoms with E-state index < -0.39 is 0 Å². The number of pyridine rings is 1. The first-order valence-electron chi connectivity index (χ1n) is 5.76. The molecular formula is C13H17N3S. The van der Waals surface area contributed by atoms with E-state index in [4.69, 9.17) is 0 Å². The number of nitrogens with one attached hydrogen (secondary N) is 1. The molecular weight excluding hydrogens is 230 g/mol. The zero-order chi connectivity index (χ0) is 12.1. The second kappa shape index (κ2) is 5.89. The normalized spacial score (nSPS) is 10.7. The van der Waals surface area contributed by atoms with Crippen molar-refractivity contribution in [3.8, 4) is 0 Å². The van der Waals surface area contributed by atoms with Crippen LogP contribution in [0.2, 0.25) is 0 Å². The fraction of sp³-hybridized carbons (Fsp3) is 0.385. The van der Waals surface area contributed by atoms with Gasteiger partial charge in [0.2, 0.25) is 0 Å². The van der Waals surface area contributed by atoms with Crippen molar-refractivity contribution in [3.63, 3.8) is 0 Å². The lowest BCUT2D eigenvalue weighted by molar-refractivity contribution is 0.684. The van der Waals surface area contributed by atoms with Gasteiger partial charge in [-0.2, -0.15) is 0 Å². The third-order valence-electron chi connectivity index (χ3n) is 2.84. The van der Waals surface area contributed by atoms with Crippen LogP contribution < -0.4 is 5.32 Å². The quantitative estimate of drug-likeness (QED) is 0.825. The van der Waals surface area contributed by atoms with Crippen molar-refractivity contribution in [3.05, 3.63) is 45.7 Å². The number of nitrogens with zero attached hydrogens (tertiary/aromatic N) is 2. The van der Waals surface area contributed by atoms with Crippen LogP contribution in [0, 0.1) is 13.8 Å². The van der Waals surface area contributed by atoms with Crippen molar-refractivity contribution in [2.45, 2.75) is 26.8 Å². The van der Waals surface area contributed by atoms with E-state index in [1.54, 1.807) is 11.3 Å². The van der Waals surface area contributed by atoms with Gasteiger partial charge in [0.05, 0.1) is 11.2 Å². The first-order chi connectivity index (χ1) is 8.27. The Morgan fingerprint density at radius 2 is 2.24 bits per heavy atom. The van der Waals surface area contributed by atoms with Crippen molar-refractivity contribution in [2.75, 3.05) is 6.54 Å². The molecule has 0 spiro atoms. The second-order valence-electron chi connectivity index (χ2n) is 4.09. The van der Waals surface area contributed by atoms with Crippen molar-refractivity contribution in [1.82, 2.24) is 15.3 Å². The predicted molar refractivity (Wildman–Crippen MR) is 71.2 cm³/mol. The first kappa shape index (κ1) is 12.2. The summed E-state index contributed by atoms with van der Waals surface area (Å²) in [7, 11) is 0. The molecule has 4 heteroatoms. The van der Waals surface area contributed by atoms with Crippen molar-refractivity contribution in [1.29, 1.82) is 0 Å². The van der Waals surface area contributed by atoms with Gasteiger partial charge in [0.1, 0.15) is 0 Å². The van der Waals surface area contributed by atoms with Gasteiger partial charge < -0.3 is 5.32 Å². The van der Waals surface area contributed by atoms with Gasteiger partial charge in [0.25, 0.3) is 0 Å². The van der Waals surface area contributed by atoms with Gasteiger partial charge in [-0.25, -0.2) is 4.98 Å². The molecule has 3 nitrogen and oxygen atoms in total. The maximum absolute atomic E-state index is 4.25. The second-order valence-corrected chi connectivity index (χ2v) is 5.03. The van der Waals surface area contributed by atoms with Crippen LogP contribution in [-0.4, -0.2) is 16.5 Å². The van der Waals surface area contributed by atoms with Crippen LogP contribution >= 0.6 is 11.3 Å². The number of hydrogen-bond acceptors (Lipinski definition) is 4. The molecule has 0 unspecified atom stereocenters. The minimum Gasteiger partial charge on any atom is -0.312 e. The van der Waals surface area contributed by atoms with Crippen LogP contribution in [-0.2, 0) is 13.0 Å². The van der Waals surface area contributed by atoms with Crippen LogP contribution in [0.1, 0.15) is 21.7 Å². The van der Waals surface area contributed by atoms with Crippen molar-refractivity contribution in [2.24, 2.45) is 0 Å². The summed E-state index contributed by atoms with van der Waals surface area (Å²) in [6, 6.07) is 2.05. The van der Waals surface area contributed by atoms with Crippen LogP contribution in [0.3, 0.4) is 0 Å².